The fourth-order valence-electron chi connectivity index (χ4n) is 9.37. The van der Waals surface area contributed by atoms with Gasteiger partial charge in [-0.05, 0) is 129 Å². The summed E-state index contributed by atoms with van der Waals surface area (Å²) in [6.45, 7) is 13.2. The summed E-state index contributed by atoms with van der Waals surface area (Å²) in [5, 5.41) is 4.93. The lowest BCUT2D eigenvalue weighted by Crippen LogP contribution is -2.00. The maximum absolute atomic E-state index is 5.11. The van der Waals surface area contributed by atoms with Gasteiger partial charge in [-0.3, -0.25) is 0 Å². The molecule has 1 heterocycles. The van der Waals surface area contributed by atoms with Crippen LogP contribution in [0.4, 0.5) is 0 Å². The average molecular weight is 823 g/mol. The Labute approximate surface area is 376 Å². The number of benzene rings is 8. The maximum atomic E-state index is 5.11. The van der Waals surface area contributed by atoms with Crippen molar-refractivity contribution in [3.05, 3.63) is 263 Å². The first-order chi connectivity index (χ1) is 31.4. The molecule has 2 heteroatoms. The molecule has 0 saturated carbocycles. The fraction of sp³-hybridized carbons (Fsp3) is 0.0806. The monoisotopic (exact) mass is 822 g/mol. The minimum Gasteiger partial charge on any atom is -0.309 e. The minimum atomic E-state index is 0.219. The van der Waals surface area contributed by atoms with E-state index in [1.165, 1.54) is 54.9 Å². The molecule has 0 aliphatic heterocycles. The van der Waals surface area contributed by atoms with Gasteiger partial charge in [-0.1, -0.05) is 196 Å². The summed E-state index contributed by atoms with van der Waals surface area (Å²) in [6.07, 6.45) is 13.4. The molecular weight excluding hydrogens is 773 g/mol. The molecule has 1 atom stereocenters. The van der Waals surface area contributed by atoms with E-state index in [2.05, 4.69) is 214 Å². The Balaban J connectivity index is 0.935. The second kappa shape index (κ2) is 17.5. The van der Waals surface area contributed by atoms with E-state index >= 15 is 0 Å². The van der Waals surface area contributed by atoms with Crippen LogP contribution in [0.5, 0.6) is 0 Å². The first-order valence-corrected chi connectivity index (χ1v) is 22.3. The summed E-state index contributed by atoms with van der Waals surface area (Å²) in [5.74, 6) is 0.219. The smallest absolute Gasteiger partial charge is 0.0712 e. The first-order valence-electron chi connectivity index (χ1n) is 22.3. The van der Waals surface area contributed by atoms with Gasteiger partial charge in [0.2, 0.25) is 0 Å². The molecular formula is C62H50N2. The van der Waals surface area contributed by atoms with Crippen LogP contribution >= 0.6 is 0 Å². The zero-order valence-electron chi connectivity index (χ0n) is 36.5. The number of allylic oxidation sites excluding steroid dienone is 4. The number of aromatic nitrogens is 1. The Morgan fingerprint density at radius 3 is 2.17 bits per heavy atom. The largest absolute Gasteiger partial charge is 0.309 e. The van der Waals surface area contributed by atoms with E-state index < -0.39 is 0 Å². The van der Waals surface area contributed by atoms with Crippen LogP contribution in [0.15, 0.2) is 218 Å². The second-order valence-corrected chi connectivity index (χ2v) is 16.9. The Kier molecular flexibility index (Phi) is 11.0. The zero-order valence-corrected chi connectivity index (χ0v) is 36.5. The van der Waals surface area contributed by atoms with Crippen molar-refractivity contribution < 1.29 is 0 Å². The van der Waals surface area contributed by atoms with Crippen LogP contribution in [-0.4, -0.2) is 10.3 Å². The van der Waals surface area contributed by atoms with E-state index in [-0.39, 0.29) is 5.92 Å². The average Bonchev–Trinajstić information content (AvgIpc) is 3.69. The van der Waals surface area contributed by atoms with E-state index in [1.807, 2.05) is 30.3 Å². The molecule has 1 unspecified atom stereocenters. The molecule has 2 nitrogen and oxygen atoms in total. The molecule has 1 aliphatic carbocycles. The predicted molar refractivity (Wildman–Crippen MR) is 276 cm³/mol. The van der Waals surface area contributed by atoms with Crippen LogP contribution in [0.2, 0.25) is 0 Å². The second-order valence-electron chi connectivity index (χ2n) is 16.9. The van der Waals surface area contributed by atoms with Gasteiger partial charge in [-0.25, -0.2) is 4.99 Å². The normalized spacial score (nSPS) is 13.6. The van der Waals surface area contributed by atoms with Gasteiger partial charge in [0.1, 0.15) is 0 Å². The molecule has 0 radical (unpaired) electrons. The predicted octanol–water partition coefficient (Wildman–Crippen LogP) is 16.3. The lowest BCUT2D eigenvalue weighted by molar-refractivity contribution is 0.975. The highest BCUT2D eigenvalue weighted by Crippen LogP contribution is 2.38. The van der Waals surface area contributed by atoms with Crippen molar-refractivity contribution in [1.82, 2.24) is 4.57 Å². The number of nitrogens with zero attached hydrogens (tertiary/aromatic N) is 2. The van der Waals surface area contributed by atoms with Crippen molar-refractivity contribution in [3.8, 4) is 5.69 Å². The van der Waals surface area contributed by atoms with Crippen molar-refractivity contribution in [2.24, 2.45) is 4.99 Å². The van der Waals surface area contributed by atoms with Crippen LogP contribution in [0.25, 0.3) is 67.3 Å². The van der Waals surface area contributed by atoms with E-state index in [1.54, 1.807) is 0 Å². The van der Waals surface area contributed by atoms with Gasteiger partial charge in [-0.15, -0.1) is 0 Å². The highest BCUT2D eigenvalue weighted by Gasteiger charge is 2.18. The summed E-state index contributed by atoms with van der Waals surface area (Å²) in [7, 11) is 0. The molecule has 64 heavy (non-hydrogen) atoms. The molecule has 9 aromatic rings. The van der Waals surface area contributed by atoms with Crippen molar-refractivity contribution in [2.45, 2.75) is 32.6 Å². The van der Waals surface area contributed by atoms with Gasteiger partial charge in [0.25, 0.3) is 0 Å². The summed E-state index contributed by atoms with van der Waals surface area (Å²) < 4.78 is 2.36. The van der Waals surface area contributed by atoms with E-state index in [0.29, 0.717) is 5.70 Å². The molecule has 1 aromatic heterocycles. The van der Waals surface area contributed by atoms with E-state index in [4.69, 9.17) is 4.99 Å². The lowest BCUT2D eigenvalue weighted by atomic mass is 9.86. The molecule has 0 fully saturated rings. The Morgan fingerprint density at radius 1 is 0.672 bits per heavy atom. The zero-order chi connectivity index (χ0) is 43.6. The van der Waals surface area contributed by atoms with Gasteiger partial charge < -0.3 is 4.57 Å². The number of fused-ring (bicyclic) bond motifs is 5. The summed E-state index contributed by atoms with van der Waals surface area (Å²) in [4.78, 5) is 5.11. The van der Waals surface area contributed by atoms with Crippen LogP contribution in [-0.2, 0) is 6.42 Å². The van der Waals surface area contributed by atoms with Crippen molar-refractivity contribution >= 4 is 67.3 Å². The van der Waals surface area contributed by atoms with Crippen LogP contribution in [0.1, 0.15) is 76.3 Å². The van der Waals surface area contributed by atoms with Crippen molar-refractivity contribution in [1.29, 1.82) is 0 Å². The van der Waals surface area contributed by atoms with Crippen LogP contribution in [0, 0.1) is 0 Å². The third kappa shape index (κ3) is 7.80. The van der Waals surface area contributed by atoms with Gasteiger partial charge in [0.15, 0.2) is 0 Å². The molecule has 0 N–H and O–H groups in total. The van der Waals surface area contributed by atoms with Crippen molar-refractivity contribution in [2.75, 3.05) is 0 Å². The fourth-order valence-corrected chi connectivity index (χ4v) is 9.37. The summed E-state index contributed by atoms with van der Waals surface area (Å²) in [6, 6.07) is 65.2. The number of aliphatic imine (C=N–C) groups is 1. The Bertz CT molecular complexity index is 3350. The molecule has 1 aliphatic rings. The minimum absolute atomic E-state index is 0.219. The highest BCUT2D eigenvalue weighted by molar-refractivity contribution is 6.15. The van der Waals surface area contributed by atoms with Crippen molar-refractivity contribution in [3.63, 3.8) is 0 Å². The molecule has 0 saturated heterocycles. The van der Waals surface area contributed by atoms with E-state index in [9.17, 15) is 0 Å². The van der Waals surface area contributed by atoms with Gasteiger partial charge >= 0.3 is 0 Å². The Hall–Kier alpha value is -7.81. The molecule has 10 rings (SSSR count). The van der Waals surface area contributed by atoms with Crippen LogP contribution in [0.3, 0.4) is 0 Å². The van der Waals surface area contributed by atoms with Gasteiger partial charge in [-0.2, -0.15) is 0 Å². The third-order valence-electron chi connectivity index (χ3n) is 12.8. The quantitative estimate of drug-likeness (QED) is 0.116. The van der Waals surface area contributed by atoms with Crippen LogP contribution < -0.4 is 0 Å². The topological polar surface area (TPSA) is 17.3 Å². The number of para-hydroxylation sites is 1. The number of hydrogen-bond acceptors (Lipinski definition) is 1. The third-order valence-corrected chi connectivity index (χ3v) is 12.8. The number of hydrogen-bond donors (Lipinski definition) is 0. The summed E-state index contributed by atoms with van der Waals surface area (Å²) >= 11 is 0. The summed E-state index contributed by atoms with van der Waals surface area (Å²) in [5.41, 5.74) is 18.3. The van der Waals surface area contributed by atoms with Gasteiger partial charge in [0.05, 0.1) is 22.4 Å². The van der Waals surface area contributed by atoms with E-state index in [0.717, 1.165) is 63.1 Å². The molecule has 0 bridgehead atoms. The molecule has 0 spiro atoms. The highest BCUT2D eigenvalue weighted by atomic mass is 15.0. The lowest BCUT2D eigenvalue weighted by Gasteiger charge is -2.18. The standard InChI is InChI=1S/C62H50N2/c1-5-55-48(28-27-42(2)50-29-30-52-41-53(32-31-51(52)40-50)57-25-16-22-47-19-12-13-23-56(47)57)35-38-61-62(55)58-24-14-15-26-60(58)64(61)54-36-33-46(34-37-54)44(4)63-59(49-20-10-7-11-21-49)39-43(3)45-17-8-6-9-18-45/h5-15,17-21,23-42H,1,4,16,22H2,2-3H3/b28-27-,43-39+,63-59?. The number of aryl methyl sites for hydroxylation is 1. The molecule has 308 valence electrons. The maximum Gasteiger partial charge on any atom is 0.0712 e. The first kappa shape index (κ1) is 40.3. The molecule has 8 aromatic carbocycles. The molecule has 0 amide bonds. The number of rotatable bonds is 11. The van der Waals surface area contributed by atoms with Gasteiger partial charge in [0, 0.05) is 22.0 Å². The SMILES string of the molecule is C=Cc1c(/C=C\C(C)c2ccc3cc(C4=CCCc5ccccc54)ccc3c2)ccc2c1c1ccccc1n2-c1ccc(C(=C)N=C(/C=C(\C)c2ccccc2)c2ccccc2)cc1. The Morgan fingerprint density at radius 2 is 1.38 bits per heavy atom.